The van der Waals surface area contributed by atoms with Gasteiger partial charge in [0.1, 0.15) is 17.2 Å². The second kappa shape index (κ2) is 13.6. The van der Waals surface area contributed by atoms with E-state index in [0.29, 0.717) is 17.2 Å². The van der Waals surface area contributed by atoms with Gasteiger partial charge in [-0.1, -0.05) is 49.6 Å². The summed E-state index contributed by atoms with van der Waals surface area (Å²) in [5.74, 6) is 0.190. The van der Waals surface area contributed by atoms with Gasteiger partial charge >= 0.3 is 11.9 Å². The van der Waals surface area contributed by atoms with Gasteiger partial charge in [0, 0.05) is 11.6 Å². The summed E-state index contributed by atoms with van der Waals surface area (Å²) in [6.45, 7) is 8.20. The van der Waals surface area contributed by atoms with Crippen molar-refractivity contribution in [1.82, 2.24) is 0 Å². The number of hydrogen-bond donors (Lipinski definition) is 0. The number of carbonyl (C=O) groups is 3. The van der Waals surface area contributed by atoms with E-state index in [4.69, 9.17) is 18.9 Å². The van der Waals surface area contributed by atoms with E-state index in [2.05, 4.69) is 19.2 Å². The van der Waals surface area contributed by atoms with E-state index in [0.717, 1.165) is 27.5 Å². The van der Waals surface area contributed by atoms with Crippen LogP contribution in [0.15, 0.2) is 116 Å². The van der Waals surface area contributed by atoms with Crippen molar-refractivity contribution in [2.45, 2.75) is 6.92 Å². The molecule has 0 heterocycles. The second-order valence-corrected chi connectivity index (χ2v) is 9.01. The molecule has 0 radical (unpaired) electrons. The van der Waals surface area contributed by atoms with Crippen LogP contribution >= 0.6 is 0 Å². The van der Waals surface area contributed by atoms with Gasteiger partial charge in [-0.05, 0) is 95.1 Å². The number of hydrogen-bond acceptors (Lipinski definition) is 7. The fraction of sp³-hybridized carbons (Fsp3) is 0.0882. The first-order valence-electron chi connectivity index (χ1n) is 12.7. The van der Waals surface area contributed by atoms with E-state index in [1.165, 1.54) is 12.2 Å². The molecule has 0 bridgehead atoms. The minimum absolute atomic E-state index is 0.0341. The Bertz CT molecular complexity index is 1610. The van der Waals surface area contributed by atoms with Gasteiger partial charge in [0.2, 0.25) is 6.79 Å². The standard InChI is InChI=1S/C34H28O7/c1-4-29(35)21-38-30-12-10-25(11-13-30)27-9-8-26-19-24(5-7-28(26)20-27)6-18-33(36)41-32-16-14-31(15-17-32)39-22-40-34(37)23(2)3/h4-20H,1-2,21-22H2,3H3/b18-6+. The number of rotatable bonds is 12. The Hall–Kier alpha value is -5.43. The van der Waals surface area contributed by atoms with Gasteiger partial charge < -0.3 is 18.9 Å². The molecule has 0 spiro atoms. The average Bonchev–Trinajstić information content (AvgIpc) is 2.99. The highest BCUT2D eigenvalue weighted by atomic mass is 16.7. The van der Waals surface area contributed by atoms with E-state index < -0.39 is 11.9 Å². The molecule has 0 aromatic heterocycles. The normalized spacial score (nSPS) is 10.7. The summed E-state index contributed by atoms with van der Waals surface area (Å²) >= 11 is 0. The van der Waals surface area contributed by atoms with E-state index in [-0.39, 0.29) is 24.8 Å². The molecular formula is C34H28O7. The van der Waals surface area contributed by atoms with Crippen molar-refractivity contribution in [2.24, 2.45) is 0 Å². The van der Waals surface area contributed by atoms with Gasteiger partial charge in [-0.15, -0.1) is 0 Å². The van der Waals surface area contributed by atoms with Crippen LogP contribution in [0.3, 0.4) is 0 Å². The molecule has 0 fully saturated rings. The molecule has 0 aliphatic heterocycles. The zero-order valence-electron chi connectivity index (χ0n) is 22.5. The molecule has 0 unspecified atom stereocenters. The van der Waals surface area contributed by atoms with Crippen molar-refractivity contribution < 1.29 is 33.3 Å². The monoisotopic (exact) mass is 548 g/mol. The summed E-state index contributed by atoms with van der Waals surface area (Å²) in [6.07, 6.45) is 4.30. The van der Waals surface area contributed by atoms with Crippen LogP contribution in [-0.4, -0.2) is 31.1 Å². The number of fused-ring (bicyclic) bond motifs is 1. The van der Waals surface area contributed by atoms with Gasteiger partial charge in [-0.2, -0.15) is 0 Å². The Labute approximate surface area is 237 Å². The van der Waals surface area contributed by atoms with Crippen LogP contribution in [0.1, 0.15) is 12.5 Å². The summed E-state index contributed by atoms with van der Waals surface area (Å²) in [6, 6.07) is 26.0. The van der Waals surface area contributed by atoms with Crippen molar-refractivity contribution in [1.29, 1.82) is 0 Å². The van der Waals surface area contributed by atoms with Crippen LogP contribution in [0.4, 0.5) is 0 Å². The summed E-state index contributed by atoms with van der Waals surface area (Å²) < 4.78 is 21.0. The molecule has 0 aliphatic carbocycles. The molecule has 0 amide bonds. The topological polar surface area (TPSA) is 88.1 Å². The third-order valence-electron chi connectivity index (χ3n) is 5.88. The molecular weight excluding hydrogens is 520 g/mol. The molecule has 0 atom stereocenters. The highest BCUT2D eigenvalue weighted by Gasteiger charge is 2.06. The quantitative estimate of drug-likeness (QED) is 0.0841. The molecule has 0 N–H and O–H groups in total. The third kappa shape index (κ3) is 8.28. The lowest BCUT2D eigenvalue weighted by molar-refractivity contribution is -0.145. The van der Waals surface area contributed by atoms with Crippen LogP contribution < -0.4 is 14.2 Å². The maximum absolute atomic E-state index is 12.3. The Balaban J connectivity index is 1.32. The van der Waals surface area contributed by atoms with E-state index in [1.807, 2.05) is 54.6 Å². The maximum Gasteiger partial charge on any atom is 0.336 e. The van der Waals surface area contributed by atoms with Crippen LogP contribution in [0.5, 0.6) is 17.2 Å². The van der Waals surface area contributed by atoms with Crippen LogP contribution in [0.2, 0.25) is 0 Å². The molecule has 0 aliphatic rings. The van der Waals surface area contributed by atoms with Gasteiger partial charge in [0.25, 0.3) is 0 Å². The van der Waals surface area contributed by atoms with E-state index in [9.17, 15) is 14.4 Å². The SMILES string of the molecule is C=CC(=O)COc1ccc(-c2ccc3cc(/C=C/C(=O)Oc4ccc(OCOC(=O)C(=C)C)cc4)ccc3c2)cc1. The summed E-state index contributed by atoms with van der Waals surface area (Å²) in [5.41, 5.74) is 3.20. The molecule has 41 heavy (non-hydrogen) atoms. The predicted octanol–water partition coefficient (Wildman–Crippen LogP) is 6.72. The first-order valence-corrected chi connectivity index (χ1v) is 12.7. The summed E-state index contributed by atoms with van der Waals surface area (Å²) in [4.78, 5) is 35.0. The second-order valence-electron chi connectivity index (χ2n) is 9.01. The molecule has 0 saturated heterocycles. The lowest BCUT2D eigenvalue weighted by Crippen LogP contribution is -2.10. The number of esters is 2. The van der Waals surface area contributed by atoms with Crippen molar-refractivity contribution in [3.8, 4) is 28.4 Å². The maximum atomic E-state index is 12.3. The molecule has 4 rings (SSSR count). The van der Waals surface area contributed by atoms with Crippen molar-refractivity contribution in [2.75, 3.05) is 13.4 Å². The lowest BCUT2D eigenvalue weighted by atomic mass is 10.00. The molecule has 0 saturated carbocycles. The van der Waals surface area contributed by atoms with Crippen molar-refractivity contribution >= 4 is 34.6 Å². The Morgan fingerprint density at radius 2 is 1.37 bits per heavy atom. The van der Waals surface area contributed by atoms with Crippen LogP contribution in [0, 0.1) is 0 Å². The Kier molecular flexibility index (Phi) is 9.46. The first kappa shape index (κ1) is 28.6. The Morgan fingerprint density at radius 1 is 0.756 bits per heavy atom. The zero-order chi connectivity index (χ0) is 29.2. The fourth-order valence-electron chi connectivity index (χ4n) is 3.70. The molecule has 4 aromatic carbocycles. The minimum Gasteiger partial charge on any atom is -0.485 e. The van der Waals surface area contributed by atoms with Crippen molar-refractivity contribution in [3.05, 3.63) is 121 Å². The van der Waals surface area contributed by atoms with Gasteiger partial charge in [0.15, 0.2) is 12.4 Å². The molecule has 7 nitrogen and oxygen atoms in total. The van der Waals surface area contributed by atoms with E-state index >= 15 is 0 Å². The average molecular weight is 549 g/mol. The molecule has 7 heteroatoms. The van der Waals surface area contributed by atoms with Gasteiger partial charge in [-0.25, -0.2) is 9.59 Å². The van der Waals surface area contributed by atoms with Crippen LogP contribution in [-0.2, 0) is 19.1 Å². The predicted molar refractivity (Wildman–Crippen MR) is 158 cm³/mol. The smallest absolute Gasteiger partial charge is 0.336 e. The number of ether oxygens (including phenoxy) is 4. The lowest BCUT2D eigenvalue weighted by Gasteiger charge is -2.08. The third-order valence-corrected chi connectivity index (χ3v) is 5.88. The number of carbonyl (C=O) groups excluding carboxylic acids is 3. The number of ketones is 1. The van der Waals surface area contributed by atoms with Crippen LogP contribution in [0.25, 0.3) is 28.0 Å². The van der Waals surface area contributed by atoms with E-state index in [1.54, 1.807) is 37.3 Å². The Morgan fingerprint density at radius 3 is 2.07 bits per heavy atom. The minimum atomic E-state index is -0.535. The van der Waals surface area contributed by atoms with Crippen molar-refractivity contribution in [3.63, 3.8) is 0 Å². The molecule has 206 valence electrons. The fourth-order valence-corrected chi connectivity index (χ4v) is 3.70. The molecule has 4 aromatic rings. The first-order chi connectivity index (χ1) is 19.8. The summed E-state index contributed by atoms with van der Waals surface area (Å²) in [5, 5.41) is 2.08. The zero-order valence-corrected chi connectivity index (χ0v) is 22.5. The van der Waals surface area contributed by atoms with Gasteiger partial charge in [0.05, 0.1) is 0 Å². The highest BCUT2D eigenvalue weighted by Crippen LogP contribution is 2.27. The number of benzene rings is 4. The van der Waals surface area contributed by atoms with Gasteiger partial charge in [-0.3, -0.25) is 4.79 Å². The highest BCUT2D eigenvalue weighted by molar-refractivity contribution is 5.92. The largest absolute Gasteiger partial charge is 0.485 e. The summed E-state index contributed by atoms with van der Waals surface area (Å²) in [7, 11) is 0.